The Kier molecular flexibility index (Phi) is 3.25. The van der Waals surface area contributed by atoms with E-state index in [9.17, 15) is 4.39 Å². The maximum atomic E-state index is 12.8. The Bertz CT molecular complexity index is 286. The number of hydrogen-bond donors (Lipinski definition) is 1. The van der Waals surface area contributed by atoms with Gasteiger partial charge in [0.1, 0.15) is 11.6 Å². The Morgan fingerprint density at radius 2 is 2.23 bits per heavy atom. The van der Waals surface area contributed by atoms with Gasteiger partial charge in [0.25, 0.3) is 0 Å². The summed E-state index contributed by atoms with van der Waals surface area (Å²) in [6.07, 6.45) is 0. The molecule has 0 fully saturated rings. The zero-order valence-corrected chi connectivity index (χ0v) is 7.67. The molecule has 0 unspecified atom stereocenters. The van der Waals surface area contributed by atoms with Crippen molar-refractivity contribution in [3.05, 3.63) is 35.5 Å². The molecule has 0 spiro atoms. The average Bonchev–Trinajstić information content (AvgIpc) is 2.16. The summed E-state index contributed by atoms with van der Waals surface area (Å²) in [5, 5.41) is 8.88. The molecule has 71 valence electrons. The molecule has 1 radical (unpaired) electrons. The van der Waals surface area contributed by atoms with Gasteiger partial charge in [-0.3, -0.25) is 0 Å². The monoisotopic (exact) mass is 183 g/mol. The predicted octanol–water partition coefficient (Wildman–Crippen LogP) is 1.77. The van der Waals surface area contributed by atoms with E-state index >= 15 is 0 Å². The van der Waals surface area contributed by atoms with Crippen molar-refractivity contribution in [3.63, 3.8) is 0 Å². The lowest BCUT2D eigenvalue weighted by molar-refractivity contribution is 0.312. The van der Waals surface area contributed by atoms with Gasteiger partial charge >= 0.3 is 0 Å². The summed E-state index contributed by atoms with van der Waals surface area (Å²) in [4.78, 5) is 0. The van der Waals surface area contributed by atoms with E-state index in [1.54, 1.807) is 13.0 Å². The molecule has 0 aliphatic carbocycles. The molecule has 13 heavy (non-hydrogen) atoms. The van der Waals surface area contributed by atoms with Crippen LogP contribution < -0.4 is 4.74 Å². The normalized spacial score (nSPS) is 10.5. The Hall–Kier alpha value is -1.09. The second-order valence-corrected chi connectivity index (χ2v) is 2.78. The van der Waals surface area contributed by atoms with Crippen LogP contribution in [0.2, 0.25) is 0 Å². The summed E-state index contributed by atoms with van der Waals surface area (Å²) >= 11 is 0. The van der Waals surface area contributed by atoms with Gasteiger partial charge in [0.15, 0.2) is 0 Å². The van der Waals surface area contributed by atoms with Crippen molar-refractivity contribution in [2.24, 2.45) is 0 Å². The van der Waals surface area contributed by atoms with Crippen LogP contribution in [0.3, 0.4) is 0 Å². The van der Waals surface area contributed by atoms with Gasteiger partial charge in [-0.15, -0.1) is 0 Å². The van der Waals surface area contributed by atoms with E-state index in [2.05, 4.69) is 0 Å². The molecule has 1 rings (SSSR count). The highest BCUT2D eigenvalue weighted by atomic mass is 19.1. The molecule has 0 saturated carbocycles. The number of methoxy groups -OCH3 is 1. The van der Waals surface area contributed by atoms with E-state index in [4.69, 9.17) is 9.84 Å². The third-order valence-corrected chi connectivity index (χ3v) is 1.86. The molecule has 0 heterocycles. The number of halogens is 1. The molecule has 0 bridgehead atoms. The van der Waals surface area contributed by atoms with Gasteiger partial charge in [0.2, 0.25) is 0 Å². The van der Waals surface area contributed by atoms with Crippen molar-refractivity contribution in [3.8, 4) is 5.75 Å². The third-order valence-electron chi connectivity index (χ3n) is 1.86. The van der Waals surface area contributed by atoms with E-state index in [0.29, 0.717) is 17.2 Å². The highest BCUT2D eigenvalue weighted by molar-refractivity contribution is 5.43. The third kappa shape index (κ3) is 2.18. The molecule has 1 aromatic rings. The maximum Gasteiger partial charge on any atom is 0.123 e. The fourth-order valence-electron chi connectivity index (χ4n) is 1.10. The quantitative estimate of drug-likeness (QED) is 0.773. The number of aliphatic hydroxyl groups is 1. The minimum atomic E-state index is -0.330. The van der Waals surface area contributed by atoms with Crippen molar-refractivity contribution >= 4 is 0 Å². The van der Waals surface area contributed by atoms with Gasteiger partial charge in [-0.1, -0.05) is 6.92 Å². The Morgan fingerprint density at radius 3 is 2.77 bits per heavy atom. The Morgan fingerprint density at radius 1 is 1.54 bits per heavy atom. The standard InChI is InChI=1S/C10H12FO2/c1-7(6-12)9-5-8(11)3-4-10(9)13-2/h3-5,12H,6H2,1-2H3. The molecule has 0 aromatic heterocycles. The Labute approximate surface area is 77.0 Å². The second-order valence-electron chi connectivity index (χ2n) is 2.78. The highest BCUT2D eigenvalue weighted by Crippen LogP contribution is 2.26. The van der Waals surface area contributed by atoms with E-state index in [1.165, 1.54) is 19.2 Å². The van der Waals surface area contributed by atoms with Crippen LogP contribution in [-0.4, -0.2) is 18.8 Å². The molecule has 0 aliphatic rings. The average molecular weight is 183 g/mol. The molecular weight excluding hydrogens is 171 g/mol. The summed E-state index contributed by atoms with van der Waals surface area (Å²) in [5.74, 6) is 0.938. The molecule has 1 N–H and O–H groups in total. The summed E-state index contributed by atoms with van der Waals surface area (Å²) in [5.41, 5.74) is 0.616. The summed E-state index contributed by atoms with van der Waals surface area (Å²) in [7, 11) is 1.52. The van der Waals surface area contributed by atoms with Crippen molar-refractivity contribution in [2.75, 3.05) is 13.7 Å². The zero-order chi connectivity index (χ0) is 9.84. The van der Waals surface area contributed by atoms with Gasteiger partial charge in [-0.2, -0.15) is 0 Å². The van der Waals surface area contributed by atoms with Crippen LogP contribution in [0.1, 0.15) is 12.5 Å². The van der Waals surface area contributed by atoms with Crippen LogP contribution in [0.4, 0.5) is 4.39 Å². The van der Waals surface area contributed by atoms with Crippen LogP contribution >= 0.6 is 0 Å². The number of hydrogen-bond acceptors (Lipinski definition) is 2. The summed E-state index contributed by atoms with van der Waals surface area (Å²) in [6, 6.07) is 4.22. The first-order chi connectivity index (χ1) is 6.19. The smallest absolute Gasteiger partial charge is 0.123 e. The lowest BCUT2D eigenvalue weighted by Crippen LogP contribution is -2.03. The molecule has 0 atom stereocenters. The van der Waals surface area contributed by atoms with E-state index in [-0.39, 0.29) is 12.4 Å². The largest absolute Gasteiger partial charge is 0.496 e. The van der Waals surface area contributed by atoms with Crippen LogP contribution in [-0.2, 0) is 0 Å². The lowest BCUT2D eigenvalue weighted by atomic mass is 10.0. The van der Waals surface area contributed by atoms with Gasteiger partial charge in [-0.05, 0) is 18.2 Å². The van der Waals surface area contributed by atoms with Crippen LogP contribution in [0, 0.1) is 11.7 Å². The minimum absolute atomic E-state index is 0.0974. The van der Waals surface area contributed by atoms with Crippen molar-refractivity contribution in [1.82, 2.24) is 0 Å². The van der Waals surface area contributed by atoms with Gasteiger partial charge in [-0.25, -0.2) is 4.39 Å². The fraction of sp³-hybridized carbons (Fsp3) is 0.300. The maximum absolute atomic E-state index is 12.8. The molecule has 3 heteroatoms. The number of aliphatic hydroxyl groups excluding tert-OH is 1. The van der Waals surface area contributed by atoms with Crippen LogP contribution in [0.15, 0.2) is 18.2 Å². The number of benzene rings is 1. The molecule has 0 saturated heterocycles. The number of ether oxygens (including phenoxy) is 1. The molecule has 2 nitrogen and oxygen atoms in total. The van der Waals surface area contributed by atoms with Crippen LogP contribution in [0.5, 0.6) is 5.75 Å². The van der Waals surface area contributed by atoms with Gasteiger partial charge < -0.3 is 9.84 Å². The predicted molar refractivity (Wildman–Crippen MR) is 48.1 cm³/mol. The van der Waals surface area contributed by atoms with E-state index < -0.39 is 0 Å². The summed E-state index contributed by atoms with van der Waals surface area (Å²) in [6.45, 7) is 1.64. The first kappa shape index (κ1) is 9.99. The van der Waals surface area contributed by atoms with Crippen molar-refractivity contribution < 1.29 is 14.2 Å². The first-order valence-electron chi connectivity index (χ1n) is 3.96. The van der Waals surface area contributed by atoms with Crippen LogP contribution in [0.25, 0.3) is 0 Å². The highest BCUT2D eigenvalue weighted by Gasteiger charge is 2.11. The zero-order valence-electron chi connectivity index (χ0n) is 7.67. The topological polar surface area (TPSA) is 29.5 Å². The molecule has 0 aliphatic heterocycles. The lowest BCUT2D eigenvalue weighted by Gasteiger charge is -2.12. The molecular formula is C10H12FO2. The minimum Gasteiger partial charge on any atom is -0.496 e. The fourth-order valence-corrected chi connectivity index (χ4v) is 1.10. The Balaban J connectivity index is 3.07. The van der Waals surface area contributed by atoms with Gasteiger partial charge in [0.05, 0.1) is 13.7 Å². The van der Waals surface area contributed by atoms with Crippen molar-refractivity contribution in [2.45, 2.75) is 6.92 Å². The van der Waals surface area contributed by atoms with E-state index in [0.717, 1.165) is 0 Å². The van der Waals surface area contributed by atoms with Gasteiger partial charge in [0, 0.05) is 11.5 Å². The molecule has 0 amide bonds. The summed E-state index contributed by atoms with van der Waals surface area (Å²) < 4.78 is 17.9. The molecule has 1 aromatic carbocycles. The number of rotatable bonds is 3. The van der Waals surface area contributed by atoms with E-state index in [1.807, 2.05) is 0 Å². The van der Waals surface area contributed by atoms with Crippen molar-refractivity contribution in [1.29, 1.82) is 0 Å². The SMILES string of the molecule is COc1ccc(F)cc1[C](C)CO. The first-order valence-corrected chi connectivity index (χ1v) is 3.96. The second kappa shape index (κ2) is 4.23.